The second-order valence-corrected chi connectivity index (χ2v) is 3.71. The summed E-state index contributed by atoms with van der Waals surface area (Å²) in [6.07, 6.45) is 0.815. The van der Waals surface area contributed by atoms with Gasteiger partial charge in [0.25, 0.3) is 0 Å². The Morgan fingerprint density at radius 1 is 1.47 bits per heavy atom. The third-order valence-electron chi connectivity index (χ3n) is 2.70. The standard InChI is InChI=1S/C10H16N4O/c1-6(12-2)10-13-8-5-15-4-3-7(8)9(11)14-10/h6,12H,3-5H2,1-2H3,(H2,11,13,14). The van der Waals surface area contributed by atoms with Crippen molar-refractivity contribution in [3.05, 3.63) is 17.1 Å². The number of aromatic nitrogens is 2. The molecule has 1 aliphatic heterocycles. The maximum atomic E-state index is 5.90. The molecular formula is C10H16N4O. The lowest BCUT2D eigenvalue weighted by molar-refractivity contribution is 0.107. The summed E-state index contributed by atoms with van der Waals surface area (Å²) in [5.74, 6) is 1.33. The van der Waals surface area contributed by atoms with Gasteiger partial charge in [-0.1, -0.05) is 0 Å². The highest BCUT2D eigenvalue weighted by atomic mass is 16.5. The van der Waals surface area contributed by atoms with Gasteiger partial charge in [-0.25, -0.2) is 9.97 Å². The highest BCUT2D eigenvalue weighted by Crippen LogP contribution is 2.21. The van der Waals surface area contributed by atoms with Gasteiger partial charge < -0.3 is 15.8 Å². The fourth-order valence-corrected chi connectivity index (χ4v) is 1.63. The van der Waals surface area contributed by atoms with Crippen LogP contribution in [-0.4, -0.2) is 23.6 Å². The van der Waals surface area contributed by atoms with Gasteiger partial charge in [-0.15, -0.1) is 0 Å². The van der Waals surface area contributed by atoms with Crippen molar-refractivity contribution in [1.29, 1.82) is 0 Å². The van der Waals surface area contributed by atoms with Gasteiger partial charge in [0, 0.05) is 12.0 Å². The van der Waals surface area contributed by atoms with E-state index in [0.717, 1.165) is 23.5 Å². The van der Waals surface area contributed by atoms with Gasteiger partial charge in [-0.3, -0.25) is 0 Å². The number of rotatable bonds is 2. The molecular weight excluding hydrogens is 192 g/mol. The molecule has 0 fully saturated rings. The zero-order valence-electron chi connectivity index (χ0n) is 9.08. The first-order valence-electron chi connectivity index (χ1n) is 5.12. The number of hydrogen-bond acceptors (Lipinski definition) is 5. The molecule has 1 aromatic rings. The molecule has 0 saturated carbocycles. The van der Waals surface area contributed by atoms with Crippen molar-refractivity contribution < 1.29 is 4.74 Å². The Kier molecular flexibility index (Phi) is 2.83. The summed E-state index contributed by atoms with van der Waals surface area (Å²) in [7, 11) is 1.88. The van der Waals surface area contributed by atoms with E-state index >= 15 is 0 Å². The average Bonchev–Trinajstić information content (AvgIpc) is 2.28. The quantitative estimate of drug-likeness (QED) is 0.736. The summed E-state index contributed by atoms with van der Waals surface area (Å²) in [4.78, 5) is 8.77. The van der Waals surface area contributed by atoms with Crippen molar-refractivity contribution in [1.82, 2.24) is 15.3 Å². The molecule has 0 saturated heterocycles. The van der Waals surface area contributed by atoms with Crippen LogP contribution in [0.2, 0.25) is 0 Å². The van der Waals surface area contributed by atoms with Crippen LogP contribution < -0.4 is 11.1 Å². The molecule has 3 N–H and O–H groups in total. The lowest BCUT2D eigenvalue weighted by Gasteiger charge is -2.19. The summed E-state index contributed by atoms with van der Waals surface area (Å²) < 4.78 is 5.35. The SMILES string of the molecule is CNC(C)c1nc(N)c2c(n1)COCC2. The van der Waals surface area contributed by atoms with Crippen LogP contribution in [0.4, 0.5) is 5.82 Å². The fraction of sp³-hybridized carbons (Fsp3) is 0.600. The number of nitrogen functional groups attached to an aromatic ring is 1. The zero-order chi connectivity index (χ0) is 10.8. The molecule has 15 heavy (non-hydrogen) atoms. The second kappa shape index (κ2) is 4.12. The van der Waals surface area contributed by atoms with E-state index in [4.69, 9.17) is 10.5 Å². The van der Waals surface area contributed by atoms with Crippen LogP contribution in [0.5, 0.6) is 0 Å². The van der Waals surface area contributed by atoms with E-state index in [2.05, 4.69) is 15.3 Å². The van der Waals surface area contributed by atoms with Crippen LogP contribution in [0.25, 0.3) is 0 Å². The monoisotopic (exact) mass is 208 g/mol. The van der Waals surface area contributed by atoms with E-state index in [1.54, 1.807) is 0 Å². The van der Waals surface area contributed by atoms with E-state index in [1.807, 2.05) is 14.0 Å². The third-order valence-corrected chi connectivity index (χ3v) is 2.70. The first-order chi connectivity index (χ1) is 7.22. The molecule has 0 bridgehead atoms. The van der Waals surface area contributed by atoms with E-state index in [-0.39, 0.29) is 6.04 Å². The molecule has 1 unspecified atom stereocenters. The molecule has 1 atom stereocenters. The van der Waals surface area contributed by atoms with Gasteiger partial charge in [-0.05, 0) is 14.0 Å². The maximum absolute atomic E-state index is 5.90. The van der Waals surface area contributed by atoms with E-state index in [0.29, 0.717) is 19.0 Å². The number of hydrogen-bond donors (Lipinski definition) is 2. The lowest BCUT2D eigenvalue weighted by atomic mass is 10.1. The van der Waals surface area contributed by atoms with Crippen molar-refractivity contribution in [2.45, 2.75) is 26.0 Å². The van der Waals surface area contributed by atoms with Crippen LogP contribution >= 0.6 is 0 Å². The summed E-state index contributed by atoms with van der Waals surface area (Å²) in [5.41, 5.74) is 7.89. The number of nitrogens with one attached hydrogen (secondary N) is 1. The first kappa shape index (κ1) is 10.3. The minimum atomic E-state index is 0.111. The van der Waals surface area contributed by atoms with Crippen LogP contribution in [0.3, 0.4) is 0 Å². The highest BCUT2D eigenvalue weighted by molar-refractivity contribution is 5.43. The van der Waals surface area contributed by atoms with Crippen LogP contribution in [0, 0.1) is 0 Å². The van der Waals surface area contributed by atoms with Crippen molar-refractivity contribution in [3.63, 3.8) is 0 Å². The fourth-order valence-electron chi connectivity index (χ4n) is 1.63. The Morgan fingerprint density at radius 2 is 2.27 bits per heavy atom. The molecule has 1 aliphatic rings. The van der Waals surface area contributed by atoms with E-state index < -0.39 is 0 Å². The molecule has 2 heterocycles. The second-order valence-electron chi connectivity index (χ2n) is 3.71. The molecule has 0 spiro atoms. The summed E-state index contributed by atoms with van der Waals surface area (Å²) in [6.45, 7) is 3.26. The molecule has 0 aliphatic carbocycles. The normalized spacial score (nSPS) is 17.2. The Bertz CT molecular complexity index is 367. The number of ether oxygens (including phenoxy) is 1. The Labute approximate surface area is 89.1 Å². The molecule has 0 aromatic carbocycles. The molecule has 0 amide bonds. The maximum Gasteiger partial charge on any atom is 0.147 e. The van der Waals surface area contributed by atoms with Gasteiger partial charge in [0.15, 0.2) is 0 Å². The van der Waals surface area contributed by atoms with Gasteiger partial charge in [0.1, 0.15) is 11.6 Å². The summed E-state index contributed by atoms with van der Waals surface area (Å²) in [6, 6.07) is 0.111. The Balaban J connectivity index is 2.40. The highest BCUT2D eigenvalue weighted by Gasteiger charge is 2.18. The Hall–Kier alpha value is -1.20. The largest absolute Gasteiger partial charge is 0.383 e. The Morgan fingerprint density at radius 3 is 3.00 bits per heavy atom. The average molecular weight is 208 g/mol. The minimum absolute atomic E-state index is 0.111. The van der Waals surface area contributed by atoms with Crippen LogP contribution in [0.1, 0.15) is 30.0 Å². The molecule has 2 rings (SSSR count). The number of nitrogens with zero attached hydrogens (tertiary/aromatic N) is 2. The van der Waals surface area contributed by atoms with Crippen molar-refractivity contribution in [2.24, 2.45) is 0 Å². The smallest absolute Gasteiger partial charge is 0.147 e. The zero-order valence-corrected chi connectivity index (χ0v) is 9.08. The number of nitrogens with two attached hydrogens (primary N) is 1. The molecule has 5 nitrogen and oxygen atoms in total. The van der Waals surface area contributed by atoms with E-state index in [1.165, 1.54) is 0 Å². The van der Waals surface area contributed by atoms with Gasteiger partial charge in [0.05, 0.1) is 24.9 Å². The first-order valence-corrected chi connectivity index (χ1v) is 5.12. The molecule has 1 aromatic heterocycles. The van der Waals surface area contributed by atoms with Crippen molar-refractivity contribution >= 4 is 5.82 Å². The molecule has 82 valence electrons. The van der Waals surface area contributed by atoms with Gasteiger partial charge in [0.2, 0.25) is 0 Å². The molecule has 5 heteroatoms. The van der Waals surface area contributed by atoms with Gasteiger partial charge in [-0.2, -0.15) is 0 Å². The summed E-state index contributed by atoms with van der Waals surface area (Å²) >= 11 is 0. The van der Waals surface area contributed by atoms with Crippen LogP contribution in [-0.2, 0) is 17.8 Å². The number of anilines is 1. The minimum Gasteiger partial charge on any atom is -0.383 e. The van der Waals surface area contributed by atoms with Gasteiger partial charge >= 0.3 is 0 Å². The van der Waals surface area contributed by atoms with E-state index in [9.17, 15) is 0 Å². The van der Waals surface area contributed by atoms with Crippen molar-refractivity contribution in [2.75, 3.05) is 19.4 Å². The van der Waals surface area contributed by atoms with Crippen LogP contribution in [0.15, 0.2) is 0 Å². The topological polar surface area (TPSA) is 73.1 Å². The predicted molar refractivity (Wildman–Crippen MR) is 57.3 cm³/mol. The predicted octanol–water partition coefficient (Wildman–Crippen LogP) is 0.412. The van der Waals surface area contributed by atoms with Crippen molar-refractivity contribution in [3.8, 4) is 0 Å². The third kappa shape index (κ3) is 1.93. The molecule has 0 radical (unpaired) electrons. The lowest BCUT2D eigenvalue weighted by Crippen LogP contribution is -2.21. The number of fused-ring (bicyclic) bond motifs is 1. The summed E-state index contributed by atoms with van der Waals surface area (Å²) in [5, 5.41) is 3.09.